The molecule has 2 unspecified atom stereocenters. The highest BCUT2D eigenvalue weighted by Gasteiger charge is 2.39. The number of rotatable bonds is 3. The zero-order valence-corrected chi connectivity index (χ0v) is 10.1. The van der Waals surface area contributed by atoms with Gasteiger partial charge in [-0.15, -0.1) is 0 Å². The van der Waals surface area contributed by atoms with Crippen molar-refractivity contribution in [2.75, 3.05) is 39.5 Å². The highest BCUT2D eigenvalue weighted by molar-refractivity contribution is 4.91. The monoisotopic (exact) mass is 229 g/mol. The fourth-order valence-electron chi connectivity index (χ4n) is 2.86. The molecule has 2 N–H and O–H groups in total. The summed E-state index contributed by atoms with van der Waals surface area (Å²) in [6.07, 6.45) is 2.89. The van der Waals surface area contributed by atoms with Crippen LogP contribution in [0.1, 0.15) is 26.2 Å². The smallest absolute Gasteiger partial charge is 0.0758 e. The van der Waals surface area contributed by atoms with E-state index in [1.54, 1.807) is 0 Å². The van der Waals surface area contributed by atoms with E-state index >= 15 is 0 Å². The summed E-state index contributed by atoms with van der Waals surface area (Å²) in [5.41, 5.74) is -0.648. The van der Waals surface area contributed by atoms with E-state index in [2.05, 4.69) is 4.90 Å². The molecule has 4 heteroatoms. The number of ether oxygens (including phenoxy) is 1. The molecular weight excluding hydrogens is 206 g/mol. The second kappa shape index (κ2) is 4.61. The summed E-state index contributed by atoms with van der Waals surface area (Å²) in [7, 11) is 0. The van der Waals surface area contributed by atoms with Gasteiger partial charge in [-0.25, -0.2) is 0 Å². The number of aliphatic hydroxyl groups is 2. The Labute approximate surface area is 97.2 Å². The SMILES string of the molecule is CC1(O)CCN(CC2(CO)CCCOC2)C1. The van der Waals surface area contributed by atoms with Gasteiger partial charge in [-0.3, -0.25) is 4.90 Å². The van der Waals surface area contributed by atoms with E-state index < -0.39 is 5.60 Å². The topological polar surface area (TPSA) is 52.9 Å². The molecular formula is C12H23NO3. The van der Waals surface area contributed by atoms with E-state index in [4.69, 9.17) is 4.74 Å². The van der Waals surface area contributed by atoms with E-state index in [0.29, 0.717) is 6.61 Å². The van der Waals surface area contributed by atoms with Gasteiger partial charge in [-0.05, 0) is 26.2 Å². The van der Waals surface area contributed by atoms with Crippen LogP contribution in [0.25, 0.3) is 0 Å². The number of likely N-dealkylation sites (tertiary alicyclic amines) is 1. The van der Waals surface area contributed by atoms with Crippen molar-refractivity contribution in [1.82, 2.24) is 4.90 Å². The van der Waals surface area contributed by atoms with Gasteiger partial charge < -0.3 is 14.9 Å². The van der Waals surface area contributed by atoms with Crippen LogP contribution in [0, 0.1) is 5.41 Å². The molecule has 2 saturated heterocycles. The summed E-state index contributed by atoms with van der Waals surface area (Å²) < 4.78 is 5.49. The largest absolute Gasteiger partial charge is 0.396 e. The van der Waals surface area contributed by atoms with E-state index in [1.807, 2.05) is 6.92 Å². The molecule has 0 aromatic rings. The van der Waals surface area contributed by atoms with Crippen LogP contribution in [-0.2, 0) is 4.74 Å². The molecule has 0 radical (unpaired) electrons. The minimum absolute atomic E-state index is 0.0985. The lowest BCUT2D eigenvalue weighted by Gasteiger charge is -2.38. The summed E-state index contributed by atoms with van der Waals surface area (Å²) in [6, 6.07) is 0. The van der Waals surface area contributed by atoms with Crippen molar-refractivity contribution in [3.63, 3.8) is 0 Å². The summed E-state index contributed by atoms with van der Waals surface area (Å²) in [4.78, 5) is 2.25. The first-order valence-corrected chi connectivity index (χ1v) is 6.19. The lowest BCUT2D eigenvalue weighted by Crippen LogP contribution is -2.45. The fourth-order valence-corrected chi connectivity index (χ4v) is 2.86. The zero-order chi connectivity index (χ0) is 11.6. The number of aliphatic hydroxyl groups excluding tert-OH is 1. The predicted octanol–water partition coefficient (Wildman–Crippen LogP) is 0.232. The van der Waals surface area contributed by atoms with Gasteiger partial charge >= 0.3 is 0 Å². The molecule has 16 heavy (non-hydrogen) atoms. The van der Waals surface area contributed by atoms with Crippen molar-refractivity contribution in [3.05, 3.63) is 0 Å². The zero-order valence-electron chi connectivity index (χ0n) is 10.1. The second-order valence-corrected chi connectivity index (χ2v) is 5.77. The first-order valence-electron chi connectivity index (χ1n) is 6.19. The van der Waals surface area contributed by atoms with Gasteiger partial charge in [0.05, 0.1) is 18.8 Å². The van der Waals surface area contributed by atoms with Crippen LogP contribution in [0.2, 0.25) is 0 Å². The minimum atomic E-state index is -0.549. The molecule has 0 aromatic carbocycles. The van der Waals surface area contributed by atoms with Crippen LogP contribution < -0.4 is 0 Å². The maximum absolute atomic E-state index is 9.92. The molecule has 2 rings (SSSR count). The Bertz CT molecular complexity index is 236. The van der Waals surface area contributed by atoms with Crippen molar-refractivity contribution < 1.29 is 14.9 Å². The molecule has 0 bridgehead atoms. The lowest BCUT2D eigenvalue weighted by molar-refractivity contribution is -0.0554. The van der Waals surface area contributed by atoms with Crippen LogP contribution >= 0.6 is 0 Å². The highest BCUT2D eigenvalue weighted by Crippen LogP contribution is 2.31. The Morgan fingerprint density at radius 1 is 1.38 bits per heavy atom. The van der Waals surface area contributed by atoms with E-state index in [0.717, 1.165) is 45.5 Å². The van der Waals surface area contributed by atoms with E-state index in [1.165, 1.54) is 0 Å². The maximum atomic E-state index is 9.92. The Hall–Kier alpha value is -0.160. The quantitative estimate of drug-likeness (QED) is 0.727. The Morgan fingerprint density at radius 2 is 2.19 bits per heavy atom. The third-order valence-corrected chi connectivity index (χ3v) is 3.83. The fraction of sp³-hybridized carbons (Fsp3) is 1.00. The Kier molecular flexibility index (Phi) is 3.54. The summed E-state index contributed by atoms with van der Waals surface area (Å²) in [6.45, 7) is 6.03. The second-order valence-electron chi connectivity index (χ2n) is 5.77. The number of hydrogen-bond acceptors (Lipinski definition) is 4. The van der Waals surface area contributed by atoms with E-state index in [9.17, 15) is 10.2 Å². The highest BCUT2D eigenvalue weighted by atomic mass is 16.5. The van der Waals surface area contributed by atoms with Gasteiger partial charge in [0.25, 0.3) is 0 Å². The normalized spacial score (nSPS) is 41.4. The van der Waals surface area contributed by atoms with Crippen molar-refractivity contribution >= 4 is 0 Å². The van der Waals surface area contributed by atoms with Gasteiger partial charge in [-0.2, -0.15) is 0 Å². The van der Waals surface area contributed by atoms with Crippen LogP contribution in [0.15, 0.2) is 0 Å². The van der Waals surface area contributed by atoms with Crippen molar-refractivity contribution in [3.8, 4) is 0 Å². The molecule has 2 atom stereocenters. The first kappa shape index (κ1) is 12.3. The molecule has 0 aromatic heterocycles. The molecule has 2 heterocycles. The average molecular weight is 229 g/mol. The van der Waals surface area contributed by atoms with E-state index in [-0.39, 0.29) is 12.0 Å². The maximum Gasteiger partial charge on any atom is 0.0758 e. The first-order chi connectivity index (χ1) is 7.55. The van der Waals surface area contributed by atoms with Crippen LogP contribution in [0.3, 0.4) is 0 Å². The third-order valence-electron chi connectivity index (χ3n) is 3.83. The number of nitrogens with zero attached hydrogens (tertiary/aromatic N) is 1. The Balaban J connectivity index is 1.91. The van der Waals surface area contributed by atoms with Gasteiger partial charge in [0.2, 0.25) is 0 Å². The number of β-amino-alcohol motifs (C(OH)–C–C–N with tert-alkyl or cyclic N) is 1. The van der Waals surface area contributed by atoms with Gasteiger partial charge in [-0.1, -0.05) is 0 Å². The number of hydrogen-bond donors (Lipinski definition) is 2. The molecule has 94 valence electrons. The van der Waals surface area contributed by atoms with Crippen LogP contribution in [0.4, 0.5) is 0 Å². The molecule has 4 nitrogen and oxygen atoms in total. The lowest BCUT2D eigenvalue weighted by atomic mass is 9.83. The summed E-state index contributed by atoms with van der Waals surface area (Å²) in [5.74, 6) is 0. The molecule has 2 aliphatic rings. The minimum Gasteiger partial charge on any atom is -0.396 e. The summed E-state index contributed by atoms with van der Waals surface area (Å²) in [5, 5.41) is 19.5. The molecule has 0 spiro atoms. The molecule has 0 amide bonds. The van der Waals surface area contributed by atoms with Gasteiger partial charge in [0.1, 0.15) is 0 Å². The summed E-state index contributed by atoms with van der Waals surface area (Å²) >= 11 is 0. The predicted molar refractivity (Wildman–Crippen MR) is 61.3 cm³/mol. The van der Waals surface area contributed by atoms with Crippen molar-refractivity contribution in [2.24, 2.45) is 5.41 Å². The van der Waals surface area contributed by atoms with Gasteiger partial charge in [0, 0.05) is 31.7 Å². The third kappa shape index (κ3) is 2.74. The van der Waals surface area contributed by atoms with Gasteiger partial charge in [0.15, 0.2) is 0 Å². The molecule has 2 fully saturated rings. The average Bonchev–Trinajstić information content (AvgIpc) is 2.59. The standard InChI is InChI=1S/C12H23NO3/c1-11(15)4-5-13(7-11)8-12(9-14)3-2-6-16-10-12/h14-15H,2-10H2,1H3. The molecule has 2 aliphatic heterocycles. The van der Waals surface area contributed by atoms with Crippen molar-refractivity contribution in [1.29, 1.82) is 0 Å². The molecule has 0 saturated carbocycles. The molecule has 0 aliphatic carbocycles. The van der Waals surface area contributed by atoms with Crippen molar-refractivity contribution in [2.45, 2.75) is 31.8 Å². The Morgan fingerprint density at radius 3 is 2.69 bits per heavy atom. The van der Waals surface area contributed by atoms with Crippen LogP contribution in [-0.4, -0.2) is 60.2 Å². The van der Waals surface area contributed by atoms with Crippen LogP contribution in [0.5, 0.6) is 0 Å².